The summed E-state index contributed by atoms with van der Waals surface area (Å²) >= 11 is 5.73. The summed E-state index contributed by atoms with van der Waals surface area (Å²) < 4.78 is 16.2. The Balaban J connectivity index is 2.15. The predicted octanol–water partition coefficient (Wildman–Crippen LogP) is 2.00. The van der Waals surface area contributed by atoms with Crippen LogP contribution in [0.2, 0.25) is 0 Å². The topological polar surface area (TPSA) is 40.6 Å². The van der Waals surface area contributed by atoms with Crippen molar-refractivity contribution < 1.29 is 14.2 Å². The largest absolute Gasteiger partial charge is 0.491 e. The van der Waals surface area contributed by atoms with Gasteiger partial charge < -0.3 is 14.2 Å². The van der Waals surface area contributed by atoms with Gasteiger partial charge in [-0.1, -0.05) is 0 Å². The molecule has 1 aromatic rings. The zero-order valence-corrected chi connectivity index (χ0v) is 9.87. The number of ether oxygens (including phenoxy) is 3. The molecule has 1 aliphatic rings. The molecule has 16 heavy (non-hydrogen) atoms. The Bertz CT molecular complexity index is 353. The van der Waals surface area contributed by atoms with Gasteiger partial charge in [0.2, 0.25) is 0 Å². The lowest BCUT2D eigenvalue weighted by atomic mass is 10.3. The maximum Gasteiger partial charge on any atom is 0.179 e. The van der Waals surface area contributed by atoms with Crippen LogP contribution in [0.15, 0.2) is 12.3 Å². The third kappa shape index (κ3) is 2.57. The number of methoxy groups -OCH3 is 1. The van der Waals surface area contributed by atoms with Crippen LogP contribution in [0.5, 0.6) is 11.5 Å². The second kappa shape index (κ2) is 5.37. The van der Waals surface area contributed by atoms with E-state index >= 15 is 0 Å². The second-order valence-electron chi connectivity index (χ2n) is 3.56. The van der Waals surface area contributed by atoms with E-state index in [-0.39, 0.29) is 6.10 Å². The Morgan fingerprint density at radius 1 is 1.56 bits per heavy atom. The molecule has 2 heterocycles. The predicted molar refractivity (Wildman–Crippen MR) is 60.2 cm³/mol. The van der Waals surface area contributed by atoms with Gasteiger partial charge in [0, 0.05) is 12.5 Å². The van der Waals surface area contributed by atoms with Crippen LogP contribution in [-0.4, -0.2) is 31.4 Å². The Kier molecular flexibility index (Phi) is 3.85. The molecule has 88 valence electrons. The van der Waals surface area contributed by atoms with Gasteiger partial charge in [-0.25, -0.2) is 0 Å². The van der Waals surface area contributed by atoms with Gasteiger partial charge in [-0.15, -0.1) is 11.6 Å². The van der Waals surface area contributed by atoms with E-state index in [9.17, 15) is 0 Å². The lowest BCUT2D eigenvalue weighted by Gasteiger charge is -2.15. The number of hydrogen-bond donors (Lipinski definition) is 0. The normalized spacial score (nSPS) is 19.8. The molecule has 1 aliphatic heterocycles. The highest BCUT2D eigenvalue weighted by atomic mass is 35.5. The maximum absolute atomic E-state index is 5.79. The van der Waals surface area contributed by atoms with Crippen molar-refractivity contribution in [3.8, 4) is 11.5 Å². The highest BCUT2D eigenvalue weighted by Gasteiger charge is 2.19. The first kappa shape index (κ1) is 11.5. The summed E-state index contributed by atoms with van der Waals surface area (Å²) in [5, 5.41) is 0. The number of alkyl halides is 1. The summed E-state index contributed by atoms with van der Waals surface area (Å²) in [6.45, 7) is 1.38. The molecule has 2 rings (SSSR count). The third-order valence-electron chi connectivity index (χ3n) is 2.43. The summed E-state index contributed by atoms with van der Waals surface area (Å²) in [6.07, 6.45) is 2.63. The van der Waals surface area contributed by atoms with Crippen LogP contribution < -0.4 is 9.47 Å². The summed E-state index contributed by atoms with van der Waals surface area (Å²) in [7, 11) is 1.59. The number of aromatic nitrogens is 1. The van der Waals surface area contributed by atoms with Gasteiger partial charge in [0.1, 0.15) is 6.10 Å². The number of hydrogen-bond acceptors (Lipinski definition) is 4. The standard InChI is InChI=1S/C11H14ClNO3/c1-14-11-6-13-8(5-12)4-10(11)16-9-2-3-15-7-9/h4,6,9H,2-3,5,7H2,1H3. The van der Waals surface area contributed by atoms with Crippen molar-refractivity contribution in [2.45, 2.75) is 18.4 Å². The number of pyridine rings is 1. The molecule has 0 saturated carbocycles. The van der Waals surface area contributed by atoms with Gasteiger partial charge >= 0.3 is 0 Å². The van der Waals surface area contributed by atoms with Crippen LogP contribution in [0.1, 0.15) is 12.1 Å². The van der Waals surface area contributed by atoms with Gasteiger partial charge in [-0.05, 0) is 0 Å². The lowest BCUT2D eigenvalue weighted by Crippen LogP contribution is -2.16. The van der Waals surface area contributed by atoms with Gasteiger partial charge in [-0.3, -0.25) is 4.98 Å². The summed E-state index contributed by atoms with van der Waals surface area (Å²) in [5.74, 6) is 1.67. The van der Waals surface area contributed by atoms with Crippen LogP contribution in [0, 0.1) is 0 Å². The van der Waals surface area contributed by atoms with E-state index in [1.165, 1.54) is 0 Å². The van der Waals surface area contributed by atoms with Crippen molar-refractivity contribution in [1.82, 2.24) is 4.98 Å². The van der Waals surface area contributed by atoms with E-state index in [0.29, 0.717) is 24.0 Å². The number of rotatable bonds is 4. The van der Waals surface area contributed by atoms with Crippen molar-refractivity contribution in [3.05, 3.63) is 18.0 Å². The number of nitrogens with zero attached hydrogens (tertiary/aromatic N) is 1. The van der Waals surface area contributed by atoms with E-state index in [4.69, 9.17) is 25.8 Å². The SMILES string of the molecule is COc1cnc(CCl)cc1OC1CCOC1. The fourth-order valence-electron chi connectivity index (χ4n) is 1.57. The van der Waals surface area contributed by atoms with Crippen molar-refractivity contribution in [3.63, 3.8) is 0 Å². The summed E-state index contributed by atoms with van der Waals surface area (Å²) in [5.41, 5.74) is 0.774. The number of halogens is 1. The molecular weight excluding hydrogens is 230 g/mol. The van der Waals surface area contributed by atoms with Gasteiger partial charge in [0.15, 0.2) is 11.5 Å². The third-order valence-corrected chi connectivity index (χ3v) is 2.70. The Morgan fingerprint density at radius 3 is 3.06 bits per heavy atom. The van der Waals surface area contributed by atoms with Gasteiger partial charge in [-0.2, -0.15) is 0 Å². The molecule has 0 bridgehead atoms. The van der Waals surface area contributed by atoms with Crippen LogP contribution in [-0.2, 0) is 10.6 Å². The van der Waals surface area contributed by atoms with E-state index in [1.54, 1.807) is 13.3 Å². The molecule has 0 spiro atoms. The van der Waals surface area contributed by atoms with Gasteiger partial charge in [0.05, 0.1) is 38.1 Å². The fraction of sp³-hybridized carbons (Fsp3) is 0.545. The zero-order chi connectivity index (χ0) is 11.4. The molecule has 1 saturated heterocycles. The molecule has 1 atom stereocenters. The first-order valence-corrected chi connectivity index (χ1v) is 5.70. The molecule has 0 aliphatic carbocycles. The van der Waals surface area contributed by atoms with Gasteiger partial charge in [0.25, 0.3) is 0 Å². The Hall–Kier alpha value is -1.00. The van der Waals surface area contributed by atoms with Crippen LogP contribution in [0.25, 0.3) is 0 Å². The van der Waals surface area contributed by atoms with Crippen LogP contribution in [0.3, 0.4) is 0 Å². The molecule has 0 radical (unpaired) electrons. The van der Waals surface area contributed by atoms with Crippen molar-refractivity contribution in [2.24, 2.45) is 0 Å². The van der Waals surface area contributed by atoms with E-state index in [2.05, 4.69) is 4.98 Å². The van der Waals surface area contributed by atoms with Crippen LogP contribution >= 0.6 is 11.6 Å². The second-order valence-corrected chi connectivity index (χ2v) is 3.83. The Labute approximate surface area is 99.5 Å². The molecule has 4 nitrogen and oxygen atoms in total. The average molecular weight is 244 g/mol. The molecule has 0 aromatic carbocycles. The molecule has 0 N–H and O–H groups in total. The average Bonchev–Trinajstić information content (AvgIpc) is 2.82. The van der Waals surface area contributed by atoms with E-state index in [1.807, 2.05) is 6.07 Å². The molecule has 0 amide bonds. The van der Waals surface area contributed by atoms with E-state index in [0.717, 1.165) is 18.7 Å². The molecule has 5 heteroatoms. The smallest absolute Gasteiger partial charge is 0.179 e. The zero-order valence-electron chi connectivity index (χ0n) is 9.11. The minimum Gasteiger partial charge on any atom is -0.491 e. The van der Waals surface area contributed by atoms with Crippen LogP contribution in [0.4, 0.5) is 0 Å². The highest BCUT2D eigenvalue weighted by Crippen LogP contribution is 2.29. The molecule has 1 unspecified atom stereocenters. The Morgan fingerprint density at radius 2 is 2.44 bits per heavy atom. The maximum atomic E-state index is 5.79. The first-order valence-electron chi connectivity index (χ1n) is 5.16. The monoisotopic (exact) mass is 243 g/mol. The van der Waals surface area contributed by atoms with E-state index < -0.39 is 0 Å². The minimum atomic E-state index is 0.0967. The lowest BCUT2D eigenvalue weighted by molar-refractivity contribution is 0.138. The summed E-state index contributed by atoms with van der Waals surface area (Å²) in [6, 6.07) is 1.81. The molecular formula is C11H14ClNO3. The highest BCUT2D eigenvalue weighted by molar-refractivity contribution is 6.16. The quantitative estimate of drug-likeness (QED) is 0.759. The minimum absolute atomic E-state index is 0.0967. The van der Waals surface area contributed by atoms with Crippen molar-refractivity contribution >= 4 is 11.6 Å². The summed E-state index contributed by atoms with van der Waals surface area (Å²) in [4.78, 5) is 4.14. The fourth-order valence-corrected chi connectivity index (χ4v) is 1.71. The molecule has 1 fully saturated rings. The first-order chi connectivity index (χ1) is 7.83. The molecule has 1 aromatic heterocycles. The van der Waals surface area contributed by atoms with Crippen molar-refractivity contribution in [2.75, 3.05) is 20.3 Å². The van der Waals surface area contributed by atoms with Crippen molar-refractivity contribution in [1.29, 1.82) is 0 Å².